The number of carbonyl (C=O) groups is 1. The molecular weight excluding hydrogens is 418 g/mol. The van der Waals surface area contributed by atoms with Crippen molar-refractivity contribution >= 4 is 33.3 Å². The van der Waals surface area contributed by atoms with E-state index in [4.69, 9.17) is 4.98 Å². The summed E-state index contributed by atoms with van der Waals surface area (Å²) in [5.41, 5.74) is 4.62. The van der Waals surface area contributed by atoms with Crippen molar-refractivity contribution in [1.29, 1.82) is 0 Å². The molecule has 0 aliphatic carbocycles. The van der Waals surface area contributed by atoms with Crippen LogP contribution in [0, 0.1) is 0 Å². The molecule has 170 valence electrons. The van der Waals surface area contributed by atoms with Gasteiger partial charge in [-0.05, 0) is 82.5 Å². The first-order valence-corrected chi connectivity index (χ1v) is 12.6. The van der Waals surface area contributed by atoms with Crippen LogP contribution in [0.15, 0.2) is 36.5 Å². The van der Waals surface area contributed by atoms with Gasteiger partial charge in [-0.3, -0.25) is 4.79 Å². The number of rotatable bonds is 9. The Balaban J connectivity index is 1.46. The summed E-state index contributed by atoms with van der Waals surface area (Å²) < 4.78 is 5.45. The van der Waals surface area contributed by atoms with Crippen molar-refractivity contribution in [3.05, 3.63) is 42.1 Å². The molecule has 7 heteroatoms. The Hall–Kier alpha value is -2.51. The highest BCUT2D eigenvalue weighted by molar-refractivity contribution is 7.13. The quantitative estimate of drug-likeness (QED) is 0.457. The molecule has 2 aromatic heterocycles. The summed E-state index contributed by atoms with van der Waals surface area (Å²) >= 11 is 1.48. The second-order valence-electron chi connectivity index (χ2n) is 8.33. The Bertz CT molecular complexity index is 1020. The third-order valence-electron chi connectivity index (χ3n) is 6.21. The molecule has 1 aliphatic heterocycles. The van der Waals surface area contributed by atoms with Crippen LogP contribution in [0.25, 0.3) is 21.5 Å². The summed E-state index contributed by atoms with van der Waals surface area (Å²) in [4.78, 5) is 21.8. The molecule has 0 radical (unpaired) electrons. The molecule has 1 amide bonds. The lowest BCUT2D eigenvalue weighted by Crippen LogP contribution is -2.31. The highest BCUT2D eigenvalue weighted by Gasteiger charge is 2.14. The van der Waals surface area contributed by atoms with Crippen molar-refractivity contribution in [2.75, 3.05) is 44.6 Å². The standard InChI is InChI=1S/C25H33N5OS/c1-3-30(4-2)25(31)20-11-9-19(10-12-20)21-17-22(24-23(28-21)18-27-32-24)26-13-8-16-29-14-6-5-7-15-29/h9-12,17-18H,3-8,13-16H2,1-2H3,(H,26,28). The van der Waals surface area contributed by atoms with Gasteiger partial charge in [-0.2, -0.15) is 4.37 Å². The van der Waals surface area contributed by atoms with Crippen molar-refractivity contribution in [2.45, 2.75) is 39.5 Å². The summed E-state index contributed by atoms with van der Waals surface area (Å²) in [7, 11) is 0. The minimum absolute atomic E-state index is 0.0723. The lowest BCUT2D eigenvalue weighted by molar-refractivity contribution is 0.0773. The average Bonchev–Trinajstić information content (AvgIpc) is 3.32. The Morgan fingerprint density at radius 1 is 1.12 bits per heavy atom. The number of likely N-dealkylation sites (tertiary alicyclic amines) is 1. The molecule has 3 heterocycles. The van der Waals surface area contributed by atoms with Gasteiger partial charge in [-0.1, -0.05) is 18.6 Å². The predicted molar refractivity (Wildman–Crippen MR) is 134 cm³/mol. The van der Waals surface area contributed by atoms with Crippen molar-refractivity contribution < 1.29 is 4.79 Å². The SMILES string of the molecule is CCN(CC)C(=O)c1ccc(-c2cc(NCCCN3CCCCC3)c3sncc3n2)cc1. The summed E-state index contributed by atoms with van der Waals surface area (Å²) in [6.45, 7) is 10.0. The number of amides is 1. The number of fused-ring (bicyclic) bond motifs is 1. The lowest BCUT2D eigenvalue weighted by Gasteiger charge is -2.26. The Kier molecular flexibility index (Phi) is 7.71. The fourth-order valence-corrected chi connectivity index (χ4v) is 5.01. The zero-order valence-electron chi connectivity index (χ0n) is 19.1. The molecule has 1 saturated heterocycles. The van der Waals surface area contributed by atoms with Crippen LogP contribution in [-0.4, -0.2) is 64.3 Å². The molecule has 1 aliphatic rings. The minimum Gasteiger partial charge on any atom is -0.384 e. The number of carbonyl (C=O) groups excluding carboxylic acids is 1. The van der Waals surface area contributed by atoms with Crippen LogP contribution in [0.1, 0.15) is 49.9 Å². The van der Waals surface area contributed by atoms with Gasteiger partial charge in [0.15, 0.2) is 0 Å². The third kappa shape index (κ3) is 5.27. The monoisotopic (exact) mass is 451 g/mol. The molecule has 1 fully saturated rings. The van der Waals surface area contributed by atoms with Gasteiger partial charge in [0.2, 0.25) is 0 Å². The van der Waals surface area contributed by atoms with Gasteiger partial charge >= 0.3 is 0 Å². The molecule has 0 spiro atoms. The zero-order valence-corrected chi connectivity index (χ0v) is 20.0. The van der Waals surface area contributed by atoms with Crippen molar-refractivity contribution in [1.82, 2.24) is 19.2 Å². The summed E-state index contributed by atoms with van der Waals surface area (Å²) in [5.74, 6) is 0.0723. The number of aromatic nitrogens is 2. The van der Waals surface area contributed by atoms with Crippen molar-refractivity contribution in [3.63, 3.8) is 0 Å². The van der Waals surface area contributed by atoms with Crippen LogP contribution in [0.5, 0.6) is 0 Å². The van der Waals surface area contributed by atoms with Gasteiger partial charge < -0.3 is 15.1 Å². The van der Waals surface area contributed by atoms with E-state index in [2.05, 4.69) is 20.7 Å². The maximum absolute atomic E-state index is 12.6. The summed E-state index contributed by atoms with van der Waals surface area (Å²) in [6.07, 6.45) is 7.01. The number of hydrogen-bond donors (Lipinski definition) is 1. The fourth-order valence-electron chi connectivity index (χ4n) is 4.33. The number of benzene rings is 1. The van der Waals surface area contributed by atoms with Crippen LogP contribution in [0.2, 0.25) is 0 Å². The van der Waals surface area contributed by atoms with E-state index >= 15 is 0 Å². The first kappa shape index (κ1) is 22.7. The van der Waals surface area contributed by atoms with Crippen molar-refractivity contribution in [2.24, 2.45) is 0 Å². The van der Waals surface area contributed by atoms with Crippen LogP contribution < -0.4 is 5.32 Å². The molecule has 0 bridgehead atoms. The van der Waals surface area contributed by atoms with E-state index in [1.165, 1.54) is 43.9 Å². The number of anilines is 1. The molecule has 0 unspecified atom stereocenters. The third-order valence-corrected chi connectivity index (χ3v) is 7.03. The topological polar surface area (TPSA) is 61.4 Å². The second-order valence-corrected chi connectivity index (χ2v) is 9.13. The van der Waals surface area contributed by atoms with E-state index in [1.54, 1.807) is 0 Å². The molecule has 0 saturated carbocycles. The summed E-state index contributed by atoms with van der Waals surface area (Å²) in [5, 5.41) is 3.63. The van der Waals surface area contributed by atoms with Crippen molar-refractivity contribution in [3.8, 4) is 11.3 Å². The van der Waals surface area contributed by atoms with Gasteiger partial charge in [-0.25, -0.2) is 4.98 Å². The molecule has 4 rings (SSSR count). The van der Waals surface area contributed by atoms with Gasteiger partial charge in [0.25, 0.3) is 5.91 Å². The maximum atomic E-state index is 12.6. The Morgan fingerprint density at radius 2 is 1.88 bits per heavy atom. The number of nitrogens with one attached hydrogen (secondary N) is 1. The normalized spacial score (nSPS) is 14.6. The number of piperidine rings is 1. The van der Waals surface area contributed by atoms with Gasteiger partial charge in [0.05, 0.1) is 22.3 Å². The van der Waals surface area contributed by atoms with Gasteiger partial charge in [0, 0.05) is 30.8 Å². The Morgan fingerprint density at radius 3 is 2.59 bits per heavy atom. The number of nitrogens with zero attached hydrogens (tertiary/aromatic N) is 4. The smallest absolute Gasteiger partial charge is 0.253 e. The average molecular weight is 452 g/mol. The van der Waals surface area contributed by atoms with E-state index in [1.807, 2.05) is 49.2 Å². The molecule has 0 atom stereocenters. The highest BCUT2D eigenvalue weighted by atomic mass is 32.1. The first-order valence-electron chi connectivity index (χ1n) is 11.8. The molecule has 1 aromatic carbocycles. The molecular formula is C25H33N5OS. The molecule has 32 heavy (non-hydrogen) atoms. The minimum atomic E-state index is 0.0723. The highest BCUT2D eigenvalue weighted by Crippen LogP contribution is 2.31. The Labute approximate surface area is 194 Å². The van der Waals surface area contributed by atoms with E-state index in [-0.39, 0.29) is 5.91 Å². The molecule has 1 N–H and O–H groups in total. The van der Waals surface area contributed by atoms with E-state index in [0.29, 0.717) is 18.7 Å². The first-order chi connectivity index (χ1) is 15.7. The summed E-state index contributed by atoms with van der Waals surface area (Å²) in [6, 6.07) is 9.90. The molecule has 3 aromatic rings. The van der Waals surface area contributed by atoms with E-state index < -0.39 is 0 Å². The predicted octanol–water partition coefficient (Wildman–Crippen LogP) is 5.13. The zero-order chi connectivity index (χ0) is 22.3. The fraction of sp³-hybridized carbons (Fsp3) is 0.480. The van der Waals surface area contributed by atoms with Crippen LogP contribution in [0.3, 0.4) is 0 Å². The van der Waals surface area contributed by atoms with Crippen LogP contribution >= 0.6 is 11.5 Å². The van der Waals surface area contributed by atoms with Crippen LogP contribution in [0.4, 0.5) is 5.69 Å². The maximum Gasteiger partial charge on any atom is 0.253 e. The lowest BCUT2D eigenvalue weighted by atomic mass is 10.1. The number of hydrogen-bond acceptors (Lipinski definition) is 6. The van der Waals surface area contributed by atoms with Crippen LogP contribution in [-0.2, 0) is 0 Å². The van der Waals surface area contributed by atoms with E-state index in [9.17, 15) is 4.79 Å². The van der Waals surface area contributed by atoms with Gasteiger partial charge in [-0.15, -0.1) is 0 Å². The number of pyridine rings is 1. The largest absolute Gasteiger partial charge is 0.384 e. The second kappa shape index (κ2) is 10.9. The van der Waals surface area contributed by atoms with E-state index in [0.717, 1.165) is 46.7 Å². The molecule has 6 nitrogen and oxygen atoms in total. The van der Waals surface area contributed by atoms with Gasteiger partial charge in [0.1, 0.15) is 5.52 Å².